The Morgan fingerprint density at radius 1 is 1.45 bits per heavy atom. The number of benzene rings is 1. The summed E-state index contributed by atoms with van der Waals surface area (Å²) in [6.07, 6.45) is 0.286. The third-order valence-corrected chi connectivity index (χ3v) is 3.85. The van der Waals surface area contributed by atoms with E-state index in [4.69, 9.17) is 0 Å². The molecule has 1 N–H and O–H groups in total. The summed E-state index contributed by atoms with van der Waals surface area (Å²) in [7, 11) is 1.27. The SMILES string of the molecule is COC(=O)C1C(=O)CC(c2cccc(C)c2)C1CO.[Ac]. The van der Waals surface area contributed by atoms with Crippen LogP contribution >= 0.6 is 0 Å². The van der Waals surface area contributed by atoms with Crippen LogP contribution in [0, 0.1) is 62.8 Å². The first kappa shape index (κ1) is 17.8. The third-order valence-electron chi connectivity index (χ3n) is 3.85. The molecule has 1 fully saturated rings. The Morgan fingerprint density at radius 2 is 2.15 bits per heavy atom. The molecule has 105 valence electrons. The second-order valence-corrected chi connectivity index (χ2v) is 5.04. The van der Waals surface area contributed by atoms with E-state index in [2.05, 4.69) is 4.74 Å². The molecule has 0 aromatic heterocycles. The predicted molar refractivity (Wildman–Crippen MR) is 69.6 cm³/mol. The molecular weight excluding hydrogens is 471 g/mol. The third kappa shape index (κ3) is 3.50. The van der Waals surface area contributed by atoms with Gasteiger partial charge in [0.15, 0.2) is 0 Å². The summed E-state index contributed by atoms with van der Waals surface area (Å²) in [6.45, 7) is 1.79. The number of Topliss-reactive ketones (excluding diaryl/α,β-unsaturated/α-hetero) is 1. The smallest absolute Gasteiger partial charge is 0.316 e. The van der Waals surface area contributed by atoms with Crippen LogP contribution in [-0.4, -0.2) is 30.6 Å². The standard InChI is InChI=1S/C15H18O4.Ac/c1-9-4-3-5-10(6-9)11-7-13(17)14(12(11)8-16)15(18)19-2;/h3-6,11-12,14,16H,7-8H2,1-2H3;. The number of ether oxygens (including phenoxy) is 1. The minimum Gasteiger partial charge on any atom is -0.468 e. The number of aliphatic hydroxyl groups excluding tert-OH is 1. The van der Waals surface area contributed by atoms with Gasteiger partial charge in [-0.25, -0.2) is 0 Å². The van der Waals surface area contributed by atoms with Crippen molar-refractivity contribution in [1.29, 1.82) is 0 Å². The Hall–Kier alpha value is -0.238. The van der Waals surface area contributed by atoms with Gasteiger partial charge in [0.2, 0.25) is 0 Å². The van der Waals surface area contributed by atoms with E-state index < -0.39 is 11.9 Å². The molecule has 5 heteroatoms. The van der Waals surface area contributed by atoms with Crippen LogP contribution in [0.25, 0.3) is 0 Å². The van der Waals surface area contributed by atoms with Crippen LogP contribution in [0.1, 0.15) is 23.5 Å². The zero-order valence-electron chi connectivity index (χ0n) is 11.7. The van der Waals surface area contributed by atoms with Gasteiger partial charge in [-0.15, -0.1) is 0 Å². The van der Waals surface area contributed by atoms with Gasteiger partial charge in [0.1, 0.15) is 11.7 Å². The second-order valence-electron chi connectivity index (χ2n) is 5.04. The van der Waals surface area contributed by atoms with Crippen molar-refractivity contribution in [1.82, 2.24) is 0 Å². The van der Waals surface area contributed by atoms with Crippen molar-refractivity contribution >= 4 is 11.8 Å². The van der Waals surface area contributed by atoms with Crippen LogP contribution < -0.4 is 0 Å². The van der Waals surface area contributed by atoms with Gasteiger partial charge in [-0.3, -0.25) is 9.59 Å². The summed E-state index contributed by atoms with van der Waals surface area (Å²) in [5.41, 5.74) is 2.10. The van der Waals surface area contributed by atoms with Crippen molar-refractivity contribution in [2.75, 3.05) is 13.7 Å². The molecule has 1 aromatic rings. The largest absolute Gasteiger partial charge is 0.468 e. The Balaban J connectivity index is 0.00000200. The second kappa shape index (κ2) is 7.68. The van der Waals surface area contributed by atoms with Gasteiger partial charge in [0.05, 0.1) is 7.11 Å². The number of methoxy groups -OCH3 is 1. The van der Waals surface area contributed by atoms with Crippen molar-refractivity contribution in [2.24, 2.45) is 11.8 Å². The first-order valence-corrected chi connectivity index (χ1v) is 6.36. The van der Waals surface area contributed by atoms with E-state index in [0.29, 0.717) is 0 Å². The first-order valence-electron chi connectivity index (χ1n) is 6.36. The summed E-state index contributed by atoms with van der Waals surface area (Å²) in [4.78, 5) is 23.7. The summed E-state index contributed by atoms with van der Waals surface area (Å²) < 4.78 is 4.67. The van der Waals surface area contributed by atoms with Gasteiger partial charge in [-0.1, -0.05) is 29.8 Å². The minimum atomic E-state index is -0.833. The summed E-state index contributed by atoms with van der Waals surface area (Å²) in [6, 6.07) is 7.84. The van der Waals surface area contributed by atoms with Crippen molar-refractivity contribution in [2.45, 2.75) is 19.3 Å². The number of carbonyl (C=O) groups is 2. The molecule has 0 aliphatic heterocycles. The Kier molecular flexibility index (Phi) is 6.84. The van der Waals surface area contributed by atoms with Crippen LogP contribution in [0.15, 0.2) is 24.3 Å². The Bertz CT molecular complexity index is 500. The van der Waals surface area contributed by atoms with E-state index in [-0.39, 0.29) is 74.7 Å². The molecular formula is C15H18AcO4. The molecule has 20 heavy (non-hydrogen) atoms. The van der Waals surface area contributed by atoms with Crippen LogP contribution in [0.4, 0.5) is 0 Å². The quantitative estimate of drug-likeness (QED) is 0.516. The topological polar surface area (TPSA) is 63.6 Å². The molecule has 1 radical (unpaired) electrons. The van der Waals surface area contributed by atoms with Gasteiger partial charge >= 0.3 is 5.97 Å². The normalized spacial score (nSPS) is 25.1. The van der Waals surface area contributed by atoms with Crippen molar-refractivity contribution in [3.05, 3.63) is 35.4 Å². The zero-order chi connectivity index (χ0) is 14.0. The van der Waals surface area contributed by atoms with Crippen LogP contribution in [0.5, 0.6) is 0 Å². The van der Waals surface area contributed by atoms with Gasteiger partial charge < -0.3 is 9.84 Å². The van der Waals surface area contributed by atoms with Gasteiger partial charge in [-0.05, 0) is 18.4 Å². The Morgan fingerprint density at radius 3 is 2.70 bits per heavy atom. The number of esters is 1. The molecule has 1 aliphatic carbocycles. The number of hydrogen-bond acceptors (Lipinski definition) is 4. The molecule has 2 rings (SSSR count). The van der Waals surface area contributed by atoms with Crippen LogP contribution in [0.3, 0.4) is 0 Å². The maximum atomic E-state index is 12.0. The number of rotatable bonds is 3. The van der Waals surface area contributed by atoms with Crippen molar-refractivity contribution in [3.8, 4) is 0 Å². The fourth-order valence-electron chi connectivity index (χ4n) is 2.90. The maximum Gasteiger partial charge on any atom is 0.316 e. The molecule has 0 heterocycles. The number of aliphatic hydroxyl groups is 1. The summed E-state index contributed by atoms with van der Waals surface area (Å²) in [5, 5.41) is 9.54. The monoisotopic (exact) mass is 489 g/mol. The minimum absolute atomic E-state index is 0. The number of aryl methyl sites for hydroxylation is 1. The van der Waals surface area contributed by atoms with E-state index in [0.717, 1.165) is 11.1 Å². The Labute approximate surface area is 154 Å². The number of carbonyl (C=O) groups excluding carboxylic acids is 2. The predicted octanol–water partition coefficient (Wildman–Crippen LogP) is 1.45. The number of hydrogen-bond donors (Lipinski definition) is 1. The molecule has 1 saturated carbocycles. The molecule has 3 unspecified atom stereocenters. The average molecular weight is 489 g/mol. The van der Waals surface area contributed by atoms with E-state index in [1.807, 2.05) is 31.2 Å². The molecule has 0 amide bonds. The van der Waals surface area contributed by atoms with E-state index in [1.54, 1.807) is 0 Å². The van der Waals surface area contributed by atoms with E-state index in [9.17, 15) is 14.7 Å². The maximum absolute atomic E-state index is 12.0. The number of ketones is 1. The van der Waals surface area contributed by atoms with Crippen LogP contribution in [-0.2, 0) is 14.3 Å². The van der Waals surface area contributed by atoms with Crippen molar-refractivity contribution < 1.29 is 63.5 Å². The van der Waals surface area contributed by atoms with Gasteiger partial charge in [-0.2, -0.15) is 0 Å². The first-order chi connectivity index (χ1) is 9.08. The van der Waals surface area contributed by atoms with E-state index in [1.165, 1.54) is 7.11 Å². The molecule has 3 atom stereocenters. The molecule has 0 saturated heterocycles. The van der Waals surface area contributed by atoms with E-state index >= 15 is 0 Å². The molecule has 0 bridgehead atoms. The molecule has 0 spiro atoms. The molecule has 1 aliphatic rings. The molecule has 4 nitrogen and oxygen atoms in total. The fraction of sp³-hybridized carbons (Fsp3) is 0.467. The molecule has 1 aromatic carbocycles. The zero-order valence-corrected chi connectivity index (χ0v) is 16.5. The average Bonchev–Trinajstić information content (AvgIpc) is 2.74. The van der Waals surface area contributed by atoms with Gasteiger partial charge in [0, 0.05) is 63.0 Å². The summed E-state index contributed by atoms with van der Waals surface area (Å²) in [5.74, 6) is -2.01. The summed E-state index contributed by atoms with van der Waals surface area (Å²) >= 11 is 0. The van der Waals surface area contributed by atoms with Crippen molar-refractivity contribution in [3.63, 3.8) is 0 Å². The van der Waals surface area contributed by atoms with Crippen LogP contribution in [0.2, 0.25) is 0 Å². The van der Waals surface area contributed by atoms with Gasteiger partial charge in [0.25, 0.3) is 0 Å². The fourth-order valence-corrected chi connectivity index (χ4v) is 2.90.